The molecule has 0 atom stereocenters. The van der Waals surface area contributed by atoms with E-state index in [0.29, 0.717) is 6.61 Å². The van der Waals surface area contributed by atoms with E-state index in [1.165, 1.54) is 17.7 Å². The van der Waals surface area contributed by atoms with Crippen LogP contribution in [0.15, 0.2) is 122 Å². The fourth-order valence-electron chi connectivity index (χ4n) is 4.31. The van der Waals surface area contributed by atoms with E-state index in [4.69, 9.17) is 9.47 Å². The minimum Gasteiger partial charge on any atom is -0.463 e. The average molecular weight is 503 g/mol. The molecule has 0 saturated carbocycles. The predicted octanol–water partition coefficient (Wildman–Crippen LogP) is 7.58. The molecule has 0 fully saturated rings. The minimum absolute atomic E-state index is 0.181. The van der Waals surface area contributed by atoms with Crippen LogP contribution >= 0.6 is 0 Å². The summed E-state index contributed by atoms with van der Waals surface area (Å²) in [5.74, 6) is -0.834. The maximum absolute atomic E-state index is 11.6. The molecule has 0 N–H and O–H groups in total. The predicted molar refractivity (Wildman–Crippen MR) is 152 cm³/mol. The Kier molecular flexibility index (Phi) is 9.03. The summed E-state index contributed by atoms with van der Waals surface area (Å²) < 4.78 is 10.4. The second kappa shape index (κ2) is 13.0. The Balaban J connectivity index is 1.64. The lowest BCUT2D eigenvalue weighted by molar-refractivity contribution is -0.139. The molecule has 4 aromatic carbocycles. The molecule has 0 bridgehead atoms. The lowest BCUT2D eigenvalue weighted by Crippen LogP contribution is -2.02. The number of benzene rings is 4. The first-order chi connectivity index (χ1) is 18.6. The van der Waals surface area contributed by atoms with E-state index in [9.17, 15) is 9.59 Å². The van der Waals surface area contributed by atoms with Crippen LogP contribution in [0.2, 0.25) is 0 Å². The number of carbonyl (C=O) groups is 2. The zero-order chi connectivity index (χ0) is 26.7. The molecule has 4 nitrogen and oxygen atoms in total. The summed E-state index contributed by atoms with van der Waals surface area (Å²) in [4.78, 5) is 22.8. The molecule has 0 unspecified atom stereocenters. The van der Waals surface area contributed by atoms with Crippen molar-refractivity contribution in [3.8, 4) is 33.4 Å². The number of aryl methyl sites for hydroxylation is 1. The standard InChI is InChI=1S/C34H30O4/c1-3-33(35)37-22-10-11-25-16-19-28(20-17-25)29-14-8-9-15-30(29)31-21-18-26(24-38-34(36)4-2)23-32(31)27-12-6-5-7-13-27/h3-9,12-21,23H,1-2,10-11,22,24H2. The summed E-state index contributed by atoms with van der Waals surface area (Å²) in [6.45, 7) is 7.44. The first kappa shape index (κ1) is 26.4. The topological polar surface area (TPSA) is 52.6 Å². The third-order valence-corrected chi connectivity index (χ3v) is 6.22. The number of hydrogen-bond acceptors (Lipinski definition) is 4. The zero-order valence-electron chi connectivity index (χ0n) is 21.3. The van der Waals surface area contributed by atoms with Gasteiger partial charge in [-0.3, -0.25) is 0 Å². The normalized spacial score (nSPS) is 10.4. The average Bonchev–Trinajstić information content (AvgIpc) is 2.98. The van der Waals surface area contributed by atoms with Gasteiger partial charge in [-0.15, -0.1) is 0 Å². The van der Waals surface area contributed by atoms with Gasteiger partial charge in [-0.05, 0) is 63.4 Å². The second-order valence-electron chi connectivity index (χ2n) is 8.78. The maximum atomic E-state index is 11.6. The molecule has 0 aliphatic heterocycles. The van der Waals surface area contributed by atoms with E-state index < -0.39 is 11.9 Å². The van der Waals surface area contributed by atoms with Gasteiger partial charge >= 0.3 is 11.9 Å². The van der Waals surface area contributed by atoms with Crippen molar-refractivity contribution in [2.75, 3.05) is 6.61 Å². The number of carbonyl (C=O) groups excluding carboxylic acids is 2. The summed E-state index contributed by atoms with van der Waals surface area (Å²) in [5.41, 5.74) is 8.70. The van der Waals surface area contributed by atoms with Crippen LogP contribution < -0.4 is 0 Å². The first-order valence-electron chi connectivity index (χ1n) is 12.5. The Hall–Kier alpha value is -4.70. The molecule has 4 heteroatoms. The van der Waals surface area contributed by atoms with Crippen LogP contribution in [0, 0.1) is 0 Å². The third-order valence-electron chi connectivity index (χ3n) is 6.22. The van der Waals surface area contributed by atoms with Gasteiger partial charge in [0.05, 0.1) is 6.61 Å². The van der Waals surface area contributed by atoms with E-state index in [1.54, 1.807) is 0 Å². The van der Waals surface area contributed by atoms with Gasteiger partial charge in [-0.1, -0.05) is 104 Å². The molecule has 0 aromatic heterocycles. The second-order valence-corrected chi connectivity index (χ2v) is 8.78. The molecule has 0 aliphatic rings. The monoisotopic (exact) mass is 502 g/mol. The SMILES string of the molecule is C=CC(=O)OCCCc1ccc(-c2ccccc2-c2ccc(COC(=O)C=C)cc2-c2ccccc2)cc1. The van der Waals surface area contributed by atoms with Gasteiger partial charge in [0.25, 0.3) is 0 Å². The molecule has 4 rings (SSSR count). The lowest BCUT2D eigenvalue weighted by Gasteiger charge is -2.16. The van der Waals surface area contributed by atoms with Crippen LogP contribution in [0.3, 0.4) is 0 Å². The molecular formula is C34H30O4. The Morgan fingerprint density at radius 1 is 0.605 bits per heavy atom. The van der Waals surface area contributed by atoms with Crippen LogP contribution in [-0.4, -0.2) is 18.5 Å². The number of hydrogen-bond donors (Lipinski definition) is 0. The van der Waals surface area contributed by atoms with E-state index >= 15 is 0 Å². The van der Waals surface area contributed by atoms with Crippen molar-refractivity contribution >= 4 is 11.9 Å². The number of rotatable bonds is 11. The highest BCUT2D eigenvalue weighted by Gasteiger charge is 2.14. The van der Waals surface area contributed by atoms with E-state index in [-0.39, 0.29) is 6.61 Å². The van der Waals surface area contributed by atoms with E-state index in [1.807, 2.05) is 36.4 Å². The van der Waals surface area contributed by atoms with Gasteiger partial charge in [0.1, 0.15) is 6.61 Å². The third kappa shape index (κ3) is 6.74. The highest BCUT2D eigenvalue weighted by Crippen LogP contribution is 2.38. The molecule has 0 heterocycles. The summed E-state index contributed by atoms with van der Waals surface area (Å²) in [7, 11) is 0. The molecular weight excluding hydrogens is 472 g/mol. The maximum Gasteiger partial charge on any atom is 0.330 e. The first-order valence-corrected chi connectivity index (χ1v) is 12.5. The fraction of sp³-hybridized carbons (Fsp3) is 0.118. The van der Waals surface area contributed by atoms with Crippen molar-refractivity contribution in [3.05, 3.63) is 133 Å². The molecule has 0 amide bonds. The molecule has 0 saturated heterocycles. The molecule has 0 spiro atoms. The van der Waals surface area contributed by atoms with E-state index in [0.717, 1.165) is 51.8 Å². The molecule has 190 valence electrons. The van der Waals surface area contributed by atoms with Crippen LogP contribution in [0.1, 0.15) is 17.5 Å². The molecule has 0 radical (unpaired) electrons. The zero-order valence-corrected chi connectivity index (χ0v) is 21.3. The van der Waals surface area contributed by atoms with Gasteiger partial charge in [-0.25, -0.2) is 9.59 Å². The van der Waals surface area contributed by atoms with Crippen molar-refractivity contribution in [1.29, 1.82) is 0 Å². The summed E-state index contributed by atoms with van der Waals surface area (Å²) in [6.07, 6.45) is 3.93. The molecule has 0 aliphatic carbocycles. The Bertz CT molecular complexity index is 1420. The summed E-state index contributed by atoms with van der Waals surface area (Å²) >= 11 is 0. The lowest BCUT2D eigenvalue weighted by atomic mass is 9.88. The molecule has 38 heavy (non-hydrogen) atoms. The van der Waals surface area contributed by atoms with Gasteiger partial charge < -0.3 is 9.47 Å². The van der Waals surface area contributed by atoms with Gasteiger partial charge in [0, 0.05) is 12.2 Å². The summed E-state index contributed by atoms with van der Waals surface area (Å²) in [6, 6.07) is 33.3. The number of ether oxygens (including phenoxy) is 2. The summed E-state index contributed by atoms with van der Waals surface area (Å²) in [5, 5.41) is 0. The fourth-order valence-corrected chi connectivity index (χ4v) is 4.31. The van der Waals surface area contributed by atoms with Crippen molar-refractivity contribution in [1.82, 2.24) is 0 Å². The Morgan fingerprint density at radius 3 is 1.89 bits per heavy atom. The van der Waals surface area contributed by atoms with Gasteiger partial charge in [-0.2, -0.15) is 0 Å². The van der Waals surface area contributed by atoms with Crippen molar-refractivity contribution in [3.63, 3.8) is 0 Å². The smallest absolute Gasteiger partial charge is 0.330 e. The Morgan fingerprint density at radius 2 is 1.18 bits per heavy atom. The highest BCUT2D eigenvalue weighted by atomic mass is 16.5. The van der Waals surface area contributed by atoms with Gasteiger partial charge in [0.15, 0.2) is 0 Å². The quantitative estimate of drug-likeness (QED) is 0.121. The van der Waals surface area contributed by atoms with Crippen molar-refractivity contribution in [2.45, 2.75) is 19.4 Å². The molecule has 4 aromatic rings. The van der Waals surface area contributed by atoms with Crippen molar-refractivity contribution in [2.24, 2.45) is 0 Å². The van der Waals surface area contributed by atoms with Crippen LogP contribution in [0.5, 0.6) is 0 Å². The highest BCUT2D eigenvalue weighted by molar-refractivity contribution is 5.92. The van der Waals surface area contributed by atoms with Crippen LogP contribution in [0.25, 0.3) is 33.4 Å². The Labute approximate surface area is 223 Å². The largest absolute Gasteiger partial charge is 0.463 e. The van der Waals surface area contributed by atoms with Crippen LogP contribution in [-0.2, 0) is 32.1 Å². The number of esters is 2. The van der Waals surface area contributed by atoms with Gasteiger partial charge in [0.2, 0.25) is 0 Å². The van der Waals surface area contributed by atoms with Crippen molar-refractivity contribution < 1.29 is 19.1 Å². The van der Waals surface area contributed by atoms with Crippen LogP contribution in [0.4, 0.5) is 0 Å². The van der Waals surface area contributed by atoms with E-state index in [2.05, 4.69) is 73.8 Å². The minimum atomic E-state index is -0.443.